The summed E-state index contributed by atoms with van der Waals surface area (Å²) in [6, 6.07) is 16.2. The van der Waals surface area contributed by atoms with Crippen molar-refractivity contribution >= 4 is 17.5 Å². The quantitative estimate of drug-likeness (QED) is 0.517. The van der Waals surface area contributed by atoms with E-state index in [4.69, 9.17) is 10.5 Å². The van der Waals surface area contributed by atoms with Crippen LogP contribution >= 0.6 is 0 Å². The number of anilines is 1. The highest BCUT2D eigenvalue weighted by Crippen LogP contribution is 2.24. The number of nitrogens with two attached hydrogens (primary N) is 1. The van der Waals surface area contributed by atoms with E-state index >= 15 is 0 Å². The van der Waals surface area contributed by atoms with Crippen molar-refractivity contribution in [1.29, 1.82) is 0 Å². The average Bonchev–Trinajstić information content (AvgIpc) is 2.63. The van der Waals surface area contributed by atoms with E-state index in [0.717, 1.165) is 5.56 Å². The Labute approximate surface area is 160 Å². The zero-order valence-corrected chi connectivity index (χ0v) is 16.0. The van der Waals surface area contributed by atoms with Crippen LogP contribution in [0.1, 0.15) is 42.8 Å². The Hall–Kier alpha value is -2.86. The van der Waals surface area contributed by atoms with Crippen molar-refractivity contribution in [3.8, 4) is 0 Å². The maximum atomic E-state index is 12.6. The number of ether oxygens (including phenoxy) is 1. The van der Waals surface area contributed by atoms with Gasteiger partial charge in [-0.05, 0) is 38.5 Å². The SMILES string of the molecule is CC(C)(C)OC(C(=O)NCCNC(=O)c1ccccc1N)c1ccccc1. The van der Waals surface area contributed by atoms with Crippen LogP contribution in [0.15, 0.2) is 54.6 Å². The zero-order valence-electron chi connectivity index (χ0n) is 16.0. The molecule has 0 radical (unpaired) electrons. The number of nitrogens with one attached hydrogen (secondary N) is 2. The molecule has 0 aliphatic heterocycles. The van der Waals surface area contributed by atoms with Gasteiger partial charge < -0.3 is 21.1 Å². The first-order chi connectivity index (χ1) is 12.8. The molecule has 0 saturated heterocycles. The Kier molecular flexibility index (Phi) is 6.96. The minimum Gasteiger partial charge on any atom is -0.398 e. The van der Waals surface area contributed by atoms with Crippen LogP contribution in [0.25, 0.3) is 0 Å². The fourth-order valence-electron chi connectivity index (χ4n) is 2.51. The lowest BCUT2D eigenvalue weighted by atomic mass is 10.1. The van der Waals surface area contributed by atoms with Crippen molar-refractivity contribution in [2.24, 2.45) is 0 Å². The van der Waals surface area contributed by atoms with Gasteiger partial charge in [0.2, 0.25) is 0 Å². The summed E-state index contributed by atoms with van der Waals surface area (Å²) in [5.74, 6) is -0.516. The van der Waals surface area contributed by atoms with Crippen LogP contribution in [-0.4, -0.2) is 30.5 Å². The Morgan fingerprint density at radius 2 is 1.56 bits per heavy atom. The lowest BCUT2D eigenvalue weighted by molar-refractivity contribution is -0.143. The molecule has 1 atom stereocenters. The van der Waals surface area contributed by atoms with Gasteiger partial charge in [-0.3, -0.25) is 9.59 Å². The molecule has 0 aliphatic carbocycles. The topological polar surface area (TPSA) is 93.5 Å². The predicted octanol–water partition coefficient (Wildman–Crippen LogP) is 2.67. The van der Waals surface area contributed by atoms with Crippen LogP contribution in [0.2, 0.25) is 0 Å². The molecule has 0 aromatic heterocycles. The van der Waals surface area contributed by atoms with E-state index in [1.807, 2.05) is 51.1 Å². The van der Waals surface area contributed by atoms with Gasteiger partial charge in [0.25, 0.3) is 11.8 Å². The Bertz CT molecular complexity index is 770. The molecule has 2 aromatic carbocycles. The molecule has 144 valence electrons. The molecule has 2 amide bonds. The van der Waals surface area contributed by atoms with Crippen LogP contribution in [-0.2, 0) is 9.53 Å². The van der Waals surface area contributed by atoms with Crippen molar-refractivity contribution in [3.63, 3.8) is 0 Å². The fourth-order valence-corrected chi connectivity index (χ4v) is 2.51. The van der Waals surface area contributed by atoms with E-state index in [9.17, 15) is 9.59 Å². The highest BCUT2D eigenvalue weighted by Gasteiger charge is 2.26. The van der Waals surface area contributed by atoms with E-state index in [1.165, 1.54) is 0 Å². The number of hydrogen-bond donors (Lipinski definition) is 3. The maximum absolute atomic E-state index is 12.6. The molecule has 0 bridgehead atoms. The van der Waals surface area contributed by atoms with Gasteiger partial charge in [-0.25, -0.2) is 0 Å². The van der Waals surface area contributed by atoms with Crippen molar-refractivity contribution in [1.82, 2.24) is 10.6 Å². The molecule has 0 aliphatic rings. The zero-order chi connectivity index (χ0) is 19.9. The smallest absolute Gasteiger partial charge is 0.253 e. The Balaban J connectivity index is 1.90. The largest absolute Gasteiger partial charge is 0.398 e. The second-order valence-electron chi connectivity index (χ2n) is 7.16. The Morgan fingerprint density at radius 3 is 2.19 bits per heavy atom. The molecule has 0 saturated carbocycles. The predicted molar refractivity (Wildman–Crippen MR) is 106 cm³/mol. The molecule has 6 heteroatoms. The average molecular weight is 369 g/mol. The van der Waals surface area contributed by atoms with E-state index in [2.05, 4.69) is 10.6 Å². The summed E-state index contributed by atoms with van der Waals surface area (Å²) >= 11 is 0. The number of amides is 2. The maximum Gasteiger partial charge on any atom is 0.253 e. The molecule has 0 heterocycles. The standard InChI is InChI=1S/C21H27N3O3/c1-21(2,3)27-18(15-9-5-4-6-10-15)20(26)24-14-13-23-19(25)16-11-7-8-12-17(16)22/h4-12,18H,13-14,22H2,1-3H3,(H,23,25)(H,24,26). The normalized spacial score (nSPS) is 12.3. The van der Waals surface area contributed by atoms with Crippen LogP contribution in [0.3, 0.4) is 0 Å². The van der Waals surface area contributed by atoms with Crippen molar-refractivity contribution in [2.75, 3.05) is 18.8 Å². The highest BCUT2D eigenvalue weighted by molar-refractivity contribution is 5.99. The summed E-state index contributed by atoms with van der Waals surface area (Å²) < 4.78 is 5.93. The fraction of sp³-hybridized carbons (Fsp3) is 0.333. The van der Waals surface area contributed by atoms with Crippen LogP contribution in [0.4, 0.5) is 5.69 Å². The summed E-state index contributed by atoms with van der Waals surface area (Å²) in [5, 5.41) is 5.56. The molecular formula is C21H27N3O3. The van der Waals surface area contributed by atoms with E-state index < -0.39 is 11.7 Å². The molecule has 2 rings (SSSR count). The van der Waals surface area contributed by atoms with Gasteiger partial charge >= 0.3 is 0 Å². The molecule has 0 fully saturated rings. The van der Waals surface area contributed by atoms with Gasteiger partial charge in [0.15, 0.2) is 6.10 Å². The van der Waals surface area contributed by atoms with Gasteiger partial charge in [0.1, 0.15) is 0 Å². The van der Waals surface area contributed by atoms with Crippen LogP contribution in [0, 0.1) is 0 Å². The molecule has 4 N–H and O–H groups in total. The number of nitrogen functional groups attached to an aromatic ring is 1. The summed E-state index contributed by atoms with van der Waals surface area (Å²) in [6.07, 6.45) is -0.716. The van der Waals surface area contributed by atoms with E-state index in [0.29, 0.717) is 11.3 Å². The third-order valence-electron chi connectivity index (χ3n) is 3.73. The van der Waals surface area contributed by atoms with Gasteiger partial charge in [-0.1, -0.05) is 42.5 Å². The number of para-hydroxylation sites is 1. The second-order valence-corrected chi connectivity index (χ2v) is 7.16. The van der Waals surface area contributed by atoms with E-state index in [-0.39, 0.29) is 24.9 Å². The van der Waals surface area contributed by atoms with Crippen molar-refractivity contribution in [3.05, 3.63) is 65.7 Å². The molecule has 2 aromatic rings. The first-order valence-corrected chi connectivity index (χ1v) is 8.91. The van der Waals surface area contributed by atoms with Gasteiger partial charge in [-0.2, -0.15) is 0 Å². The minimum atomic E-state index is -0.716. The lowest BCUT2D eigenvalue weighted by Gasteiger charge is -2.27. The third kappa shape index (κ3) is 6.42. The number of carbonyl (C=O) groups is 2. The first-order valence-electron chi connectivity index (χ1n) is 8.91. The Morgan fingerprint density at radius 1 is 0.963 bits per heavy atom. The number of rotatable bonds is 7. The number of carbonyl (C=O) groups excluding carboxylic acids is 2. The highest BCUT2D eigenvalue weighted by atomic mass is 16.5. The molecule has 1 unspecified atom stereocenters. The van der Waals surface area contributed by atoms with Crippen molar-refractivity contribution in [2.45, 2.75) is 32.5 Å². The van der Waals surface area contributed by atoms with Gasteiger partial charge in [-0.15, -0.1) is 0 Å². The van der Waals surface area contributed by atoms with Gasteiger partial charge in [0, 0.05) is 18.8 Å². The van der Waals surface area contributed by atoms with Crippen LogP contribution in [0.5, 0.6) is 0 Å². The third-order valence-corrected chi connectivity index (χ3v) is 3.73. The molecule has 6 nitrogen and oxygen atoms in total. The number of benzene rings is 2. The molecular weight excluding hydrogens is 342 g/mol. The summed E-state index contributed by atoms with van der Waals surface area (Å²) in [7, 11) is 0. The molecule has 27 heavy (non-hydrogen) atoms. The van der Waals surface area contributed by atoms with Gasteiger partial charge in [0.05, 0.1) is 11.2 Å². The van der Waals surface area contributed by atoms with Crippen molar-refractivity contribution < 1.29 is 14.3 Å². The lowest BCUT2D eigenvalue weighted by Crippen LogP contribution is -2.39. The first kappa shape index (κ1) is 20.5. The summed E-state index contributed by atoms with van der Waals surface area (Å²) in [6.45, 7) is 6.28. The monoisotopic (exact) mass is 369 g/mol. The number of hydrogen-bond acceptors (Lipinski definition) is 4. The van der Waals surface area contributed by atoms with Crippen LogP contribution < -0.4 is 16.4 Å². The molecule has 0 spiro atoms. The summed E-state index contributed by atoms with van der Waals surface area (Å²) in [5.41, 5.74) is 6.93. The second kappa shape index (κ2) is 9.19. The summed E-state index contributed by atoms with van der Waals surface area (Å²) in [4.78, 5) is 24.7. The minimum absolute atomic E-state index is 0.246. The van der Waals surface area contributed by atoms with E-state index in [1.54, 1.807) is 24.3 Å².